The van der Waals surface area contributed by atoms with E-state index in [0.717, 1.165) is 11.1 Å². The van der Waals surface area contributed by atoms with Gasteiger partial charge >= 0.3 is 26.3 Å². The first-order chi connectivity index (χ1) is 18.7. The molecule has 0 aromatic heterocycles. The molecule has 0 saturated carbocycles. The zero-order valence-electron chi connectivity index (χ0n) is 22.7. The number of nitrogens with one attached hydrogen (secondary N) is 2. The van der Waals surface area contributed by atoms with Crippen LogP contribution in [0, 0.1) is 0 Å². The lowest BCUT2D eigenvalue weighted by molar-refractivity contribution is 0.262. The predicted octanol–water partition coefficient (Wildman–Crippen LogP) is 6.08. The lowest BCUT2D eigenvalue weighted by Crippen LogP contribution is -2.37. The molecular weight excluding hydrogens is 552 g/mol. The van der Waals surface area contributed by atoms with E-state index in [1.54, 1.807) is 62.4 Å². The molecule has 2 amide bonds. The van der Waals surface area contributed by atoms with Gasteiger partial charge in [0.1, 0.15) is 9.49 Å². The number of urea groups is 1. The summed E-state index contributed by atoms with van der Waals surface area (Å²) in [5, 5.41) is 5.15. The van der Waals surface area contributed by atoms with Crippen LogP contribution in [0.2, 0.25) is 0 Å². The molecule has 0 saturated heterocycles. The van der Waals surface area contributed by atoms with E-state index in [4.69, 9.17) is 8.37 Å². The standard InChI is InChI=1S/C29H32N2O7S2/c1-21-13-17-28(3,18-14-21)39(33,34)37-25-11-7-5-9-23(25)30-27(32)31-24-10-6-8-12-26(24)38-40(35,36)29(4)19-15-22(2)16-20-29/h5-17,19H,18,20H2,1-4H3,(H2,30,31,32). The molecule has 4 rings (SSSR count). The summed E-state index contributed by atoms with van der Waals surface area (Å²) in [6, 6.07) is 11.5. The number of anilines is 2. The van der Waals surface area contributed by atoms with Gasteiger partial charge in [0.25, 0.3) is 0 Å². The van der Waals surface area contributed by atoms with Crippen LogP contribution in [0.4, 0.5) is 16.2 Å². The highest BCUT2D eigenvalue weighted by atomic mass is 32.2. The molecule has 0 radical (unpaired) electrons. The number of para-hydroxylation sites is 4. The molecule has 0 aliphatic heterocycles. The van der Waals surface area contributed by atoms with Crippen molar-refractivity contribution in [3.05, 3.63) is 96.1 Å². The molecule has 2 aromatic carbocycles. The molecule has 2 aromatic rings. The summed E-state index contributed by atoms with van der Waals surface area (Å²) >= 11 is 0. The Kier molecular flexibility index (Phi) is 8.00. The smallest absolute Gasteiger partial charge is 0.323 e. The summed E-state index contributed by atoms with van der Waals surface area (Å²) in [6.45, 7) is 6.89. The maximum atomic E-state index is 13.2. The first kappa shape index (κ1) is 29.2. The molecule has 0 bridgehead atoms. The van der Waals surface area contributed by atoms with Gasteiger partial charge in [0.2, 0.25) is 0 Å². The predicted molar refractivity (Wildman–Crippen MR) is 156 cm³/mol. The molecule has 0 heterocycles. The molecular formula is C29H32N2O7S2. The van der Waals surface area contributed by atoms with E-state index in [1.165, 1.54) is 24.3 Å². The Bertz CT molecular complexity index is 1530. The molecule has 11 heteroatoms. The SMILES string of the molecule is CC1=CCC(C)(S(=O)(=O)Oc2ccccc2NC(=O)Nc2ccccc2OS(=O)(=O)C2(C)C=CC(C)=CC2)C=C1. The molecule has 212 valence electrons. The van der Waals surface area contributed by atoms with Crippen molar-refractivity contribution in [1.82, 2.24) is 0 Å². The van der Waals surface area contributed by atoms with Gasteiger partial charge in [-0.15, -0.1) is 0 Å². The second-order valence-electron chi connectivity index (χ2n) is 10.2. The van der Waals surface area contributed by atoms with E-state index < -0.39 is 35.8 Å². The molecule has 0 fully saturated rings. The first-order valence-corrected chi connectivity index (χ1v) is 15.4. The number of allylic oxidation sites excluding steroid dienone is 6. The van der Waals surface area contributed by atoms with Crippen molar-refractivity contribution in [3.63, 3.8) is 0 Å². The minimum Gasteiger partial charge on any atom is -0.380 e. The largest absolute Gasteiger partial charge is 0.380 e. The summed E-state index contributed by atoms with van der Waals surface area (Å²) in [7, 11) is -8.25. The third kappa shape index (κ3) is 6.15. The van der Waals surface area contributed by atoms with Crippen molar-refractivity contribution in [3.8, 4) is 11.5 Å². The van der Waals surface area contributed by atoms with Crippen LogP contribution in [-0.2, 0) is 20.2 Å². The highest BCUT2D eigenvalue weighted by molar-refractivity contribution is 7.89. The molecule has 2 aliphatic carbocycles. The Balaban J connectivity index is 1.50. The first-order valence-electron chi connectivity index (χ1n) is 12.6. The zero-order valence-corrected chi connectivity index (χ0v) is 24.3. The van der Waals surface area contributed by atoms with Crippen LogP contribution in [0.5, 0.6) is 11.5 Å². The van der Waals surface area contributed by atoms with Crippen molar-refractivity contribution in [2.24, 2.45) is 0 Å². The van der Waals surface area contributed by atoms with Gasteiger partial charge in [-0.25, -0.2) is 4.79 Å². The minimum atomic E-state index is -4.12. The summed E-state index contributed by atoms with van der Waals surface area (Å²) in [5.74, 6) is -0.128. The van der Waals surface area contributed by atoms with Crippen LogP contribution < -0.4 is 19.0 Å². The van der Waals surface area contributed by atoms with Gasteiger partial charge in [-0.1, -0.05) is 71.9 Å². The van der Waals surface area contributed by atoms with Gasteiger partial charge < -0.3 is 19.0 Å². The molecule has 2 aliphatic rings. The number of hydrogen-bond donors (Lipinski definition) is 2. The van der Waals surface area contributed by atoms with Crippen LogP contribution in [-0.4, -0.2) is 32.4 Å². The second-order valence-corrected chi connectivity index (χ2v) is 14.3. The minimum absolute atomic E-state index is 0.0639. The number of amides is 2. The van der Waals surface area contributed by atoms with E-state index in [2.05, 4.69) is 10.6 Å². The maximum absolute atomic E-state index is 13.2. The third-order valence-electron chi connectivity index (χ3n) is 6.87. The van der Waals surface area contributed by atoms with Crippen molar-refractivity contribution >= 4 is 37.6 Å². The molecule has 0 spiro atoms. The maximum Gasteiger partial charge on any atom is 0.323 e. The topological polar surface area (TPSA) is 128 Å². The van der Waals surface area contributed by atoms with Gasteiger partial charge in [-0.2, -0.15) is 16.8 Å². The normalized spacial score (nSPS) is 22.6. The Morgan fingerprint density at radius 2 is 1.07 bits per heavy atom. The van der Waals surface area contributed by atoms with Gasteiger partial charge in [0.05, 0.1) is 11.4 Å². The van der Waals surface area contributed by atoms with Crippen molar-refractivity contribution in [2.45, 2.75) is 50.0 Å². The molecule has 40 heavy (non-hydrogen) atoms. The lowest BCUT2D eigenvalue weighted by Gasteiger charge is -2.27. The highest BCUT2D eigenvalue weighted by Gasteiger charge is 2.41. The van der Waals surface area contributed by atoms with Crippen molar-refractivity contribution < 1.29 is 30.0 Å². The van der Waals surface area contributed by atoms with E-state index in [-0.39, 0.29) is 35.7 Å². The fourth-order valence-electron chi connectivity index (χ4n) is 3.97. The number of carbonyl (C=O) groups is 1. The molecule has 9 nitrogen and oxygen atoms in total. The van der Waals surface area contributed by atoms with Crippen LogP contribution in [0.3, 0.4) is 0 Å². The lowest BCUT2D eigenvalue weighted by atomic mass is 9.98. The van der Waals surface area contributed by atoms with Crippen LogP contribution in [0.1, 0.15) is 40.5 Å². The van der Waals surface area contributed by atoms with E-state index in [0.29, 0.717) is 0 Å². The highest BCUT2D eigenvalue weighted by Crippen LogP contribution is 2.36. The Hall–Kier alpha value is -3.83. The molecule has 2 atom stereocenters. The van der Waals surface area contributed by atoms with Gasteiger partial charge in [-0.3, -0.25) is 0 Å². The van der Waals surface area contributed by atoms with Crippen molar-refractivity contribution in [1.29, 1.82) is 0 Å². The quantitative estimate of drug-likeness (QED) is 0.360. The number of rotatable bonds is 8. The summed E-state index contributed by atoms with van der Waals surface area (Å²) in [6.07, 6.45) is 10.8. The van der Waals surface area contributed by atoms with Crippen LogP contribution in [0.25, 0.3) is 0 Å². The Labute approximate surface area is 235 Å². The number of benzene rings is 2. The Morgan fingerprint density at radius 3 is 1.43 bits per heavy atom. The zero-order chi connectivity index (χ0) is 29.2. The Morgan fingerprint density at radius 1 is 0.700 bits per heavy atom. The fourth-order valence-corrected chi connectivity index (χ4v) is 6.16. The van der Waals surface area contributed by atoms with Crippen LogP contribution >= 0.6 is 0 Å². The monoisotopic (exact) mass is 584 g/mol. The van der Waals surface area contributed by atoms with Gasteiger partial charge in [0, 0.05) is 0 Å². The van der Waals surface area contributed by atoms with Crippen LogP contribution in [0.15, 0.2) is 96.1 Å². The average Bonchev–Trinajstić information content (AvgIpc) is 2.89. The number of carbonyl (C=O) groups excluding carboxylic acids is 1. The summed E-state index contributed by atoms with van der Waals surface area (Å²) in [5.41, 5.74) is 2.12. The van der Waals surface area contributed by atoms with Crippen molar-refractivity contribution in [2.75, 3.05) is 10.6 Å². The second kappa shape index (κ2) is 11.0. The van der Waals surface area contributed by atoms with E-state index >= 15 is 0 Å². The van der Waals surface area contributed by atoms with E-state index in [1.807, 2.05) is 26.0 Å². The van der Waals surface area contributed by atoms with E-state index in [9.17, 15) is 21.6 Å². The summed E-state index contributed by atoms with van der Waals surface area (Å²) in [4.78, 5) is 12.9. The van der Waals surface area contributed by atoms with Gasteiger partial charge in [-0.05, 0) is 64.8 Å². The fraction of sp³-hybridized carbons (Fsp3) is 0.276. The third-order valence-corrected chi connectivity index (χ3v) is 10.6. The number of hydrogen-bond acceptors (Lipinski definition) is 7. The average molecular weight is 585 g/mol. The van der Waals surface area contributed by atoms with Gasteiger partial charge in [0.15, 0.2) is 11.5 Å². The molecule has 2 unspecified atom stereocenters. The molecule has 2 N–H and O–H groups in total. The summed E-state index contributed by atoms with van der Waals surface area (Å²) < 4.78 is 61.0.